The first-order chi connectivity index (χ1) is 14.3. The number of carbonyl (C=O) groups is 2. The van der Waals surface area contributed by atoms with Crippen LogP contribution < -0.4 is 15.5 Å². The highest BCUT2D eigenvalue weighted by Crippen LogP contribution is 2.27. The summed E-state index contributed by atoms with van der Waals surface area (Å²) in [5, 5.41) is 15.6. The fourth-order valence-corrected chi connectivity index (χ4v) is 3.88. The summed E-state index contributed by atoms with van der Waals surface area (Å²) >= 11 is 0. The summed E-state index contributed by atoms with van der Waals surface area (Å²) in [6, 6.07) is 11.3. The van der Waals surface area contributed by atoms with Crippen molar-refractivity contribution in [2.45, 2.75) is 20.8 Å². The maximum atomic E-state index is 12.3. The average Bonchev–Trinajstić information content (AvgIpc) is 2.70. The molecular weight excluding hydrogens is 380 g/mol. The number of nitrogens with zero attached hydrogens (tertiary/aromatic N) is 2. The van der Waals surface area contributed by atoms with E-state index in [1.165, 1.54) is 0 Å². The van der Waals surface area contributed by atoms with E-state index in [0.717, 1.165) is 54.2 Å². The number of phenolic OH excluding ortho intramolecular Hbond substituents is 1. The third kappa shape index (κ3) is 5.51. The molecule has 2 amide bonds. The third-order valence-electron chi connectivity index (χ3n) is 5.35. The number of hydrogen-bond donors (Lipinski definition) is 3. The number of nitrogens with one attached hydrogen (secondary N) is 2. The first-order valence-corrected chi connectivity index (χ1v) is 10.2. The van der Waals surface area contributed by atoms with Gasteiger partial charge in [0.15, 0.2) is 0 Å². The Morgan fingerprint density at radius 1 is 0.967 bits per heavy atom. The van der Waals surface area contributed by atoms with Crippen molar-refractivity contribution in [3.05, 3.63) is 53.1 Å². The molecular formula is C23H30N4O3. The van der Waals surface area contributed by atoms with Crippen LogP contribution in [0.3, 0.4) is 0 Å². The molecule has 0 saturated carbocycles. The van der Waals surface area contributed by atoms with E-state index in [9.17, 15) is 14.7 Å². The Kier molecular flexibility index (Phi) is 6.95. The van der Waals surface area contributed by atoms with Crippen molar-refractivity contribution < 1.29 is 14.7 Å². The number of para-hydroxylation sites is 2. The zero-order valence-electron chi connectivity index (χ0n) is 17.9. The van der Waals surface area contributed by atoms with E-state index in [-0.39, 0.29) is 30.7 Å². The molecule has 3 N–H and O–H groups in total. The Morgan fingerprint density at radius 3 is 2.23 bits per heavy atom. The number of amides is 2. The lowest BCUT2D eigenvalue weighted by atomic mass is 10.1. The highest BCUT2D eigenvalue weighted by molar-refractivity contribution is 5.96. The number of aromatic hydroxyl groups is 1. The second-order valence-corrected chi connectivity index (χ2v) is 7.85. The lowest BCUT2D eigenvalue weighted by Crippen LogP contribution is -2.50. The van der Waals surface area contributed by atoms with E-state index in [1.54, 1.807) is 12.1 Å². The number of phenols is 1. The molecule has 1 saturated heterocycles. The standard InChI is InChI=1S/C23H30N4O3/c1-16-12-17(2)23(18(3)13-16)25-21(29)14-24-22(30)15-26-8-10-27(11-9-26)19-6-4-5-7-20(19)28/h4-7,12-13,28H,8-11,14-15H2,1-3H3,(H,24,30)(H,25,29). The quantitative estimate of drug-likeness (QED) is 0.680. The third-order valence-corrected chi connectivity index (χ3v) is 5.35. The molecule has 0 aliphatic carbocycles. The normalized spacial score (nSPS) is 14.4. The van der Waals surface area contributed by atoms with Gasteiger partial charge in [-0.1, -0.05) is 29.8 Å². The Labute approximate surface area is 177 Å². The molecule has 2 aromatic carbocycles. The molecule has 1 aliphatic rings. The highest BCUT2D eigenvalue weighted by atomic mass is 16.3. The van der Waals surface area contributed by atoms with Gasteiger partial charge >= 0.3 is 0 Å². The predicted octanol–water partition coefficient (Wildman–Crippen LogP) is 2.19. The van der Waals surface area contributed by atoms with E-state index in [0.29, 0.717) is 0 Å². The van der Waals surface area contributed by atoms with Crippen LogP contribution in [-0.4, -0.2) is 61.1 Å². The molecule has 1 fully saturated rings. The van der Waals surface area contributed by atoms with Crippen LogP contribution in [0.15, 0.2) is 36.4 Å². The minimum absolute atomic E-state index is 0.0521. The molecule has 0 bridgehead atoms. The molecule has 0 radical (unpaired) electrons. The number of carbonyl (C=O) groups excluding carboxylic acids is 2. The van der Waals surface area contributed by atoms with Gasteiger partial charge in [-0.05, 0) is 44.0 Å². The van der Waals surface area contributed by atoms with Gasteiger partial charge in [0.05, 0.1) is 18.8 Å². The minimum atomic E-state index is -0.234. The zero-order chi connectivity index (χ0) is 21.7. The summed E-state index contributed by atoms with van der Waals surface area (Å²) < 4.78 is 0. The molecule has 0 atom stereocenters. The molecule has 3 rings (SSSR count). The fraction of sp³-hybridized carbons (Fsp3) is 0.391. The number of aryl methyl sites for hydroxylation is 3. The van der Waals surface area contributed by atoms with Crippen LogP contribution in [0.25, 0.3) is 0 Å². The molecule has 0 unspecified atom stereocenters. The first kappa shape index (κ1) is 21.6. The van der Waals surface area contributed by atoms with Crippen LogP contribution in [0.4, 0.5) is 11.4 Å². The Morgan fingerprint density at radius 2 is 1.60 bits per heavy atom. The first-order valence-electron chi connectivity index (χ1n) is 10.2. The van der Waals surface area contributed by atoms with E-state index in [1.807, 2.05) is 45.0 Å². The number of rotatable bonds is 6. The molecule has 160 valence electrons. The van der Waals surface area contributed by atoms with Crippen LogP contribution >= 0.6 is 0 Å². The second kappa shape index (κ2) is 9.63. The summed E-state index contributed by atoms with van der Waals surface area (Å²) in [5.74, 6) is -0.130. The van der Waals surface area contributed by atoms with Crippen LogP contribution in [0.1, 0.15) is 16.7 Å². The van der Waals surface area contributed by atoms with Crippen LogP contribution in [0, 0.1) is 20.8 Å². The van der Waals surface area contributed by atoms with Gasteiger partial charge in [0.2, 0.25) is 11.8 Å². The highest BCUT2D eigenvalue weighted by Gasteiger charge is 2.21. The van der Waals surface area contributed by atoms with Gasteiger partial charge in [-0.25, -0.2) is 0 Å². The topological polar surface area (TPSA) is 84.9 Å². The Balaban J connectivity index is 1.42. The minimum Gasteiger partial charge on any atom is -0.506 e. The molecule has 0 aromatic heterocycles. The molecule has 2 aromatic rings. The molecule has 1 heterocycles. The van der Waals surface area contributed by atoms with E-state index in [4.69, 9.17) is 0 Å². The predicted molar refractivity (Wildman–Crippen MR) is 119 cm³/mol. The lowest BCUT2D eigenvalue weighted by molar-refractivity contribution is -0.125. The zero-order valence-corrected chi connectivity index (χ0v) is 17.9. The van der Waals surface area contributed by atoms with Crippen LogP contribution in [-0.2, 0) is 9.59 Å². The van der Waals surface area contributed by atoms with E-state index in [2.05, 4.69) is 20.4 Å². The monoisotopic (exact) mass is 410 g/mol. The van der Waals surface area contributed by atoms with Gasteiger partial charge in [-0.2, -0.15) is 0 Å². The van der Waals surface area contributed by atoms with Gasteiger partial charge in [-0.3, -0.25) is 14.5 Å². The summed E-state index contributed by atoms with van der Waals surface area (Å²) in [6.07, 6.45) is 0. The molecule has 0 spiro atoms. The van der Waals surface area contributed by atoms with Crippen molar-refractivity contribution in [2.24, 2.45) is 0 Å². The van der Waals surface area contributed by atoms with Gasteiger partial charge < -0.3 is 20.6 Å². The summed E-state index contributed by atoms with van der Waals surface area (Å²) in [7, 11) is 0. The maximum absolute atomic E-state index is 12.3. The Hall–Kier alpha value is -3.06. The Bertz CT molecular complexity index is 897. The number of benzene rings is 2. The molecule has 7 heteroatoms. The smallest absolute Gasteiger partial charge is 0.243 e. The molecule has 7 nitrogen and oxygen atoms in total. The van der Waals surface area contributed by atoms with Gasteiger partial charge in [-0.15, -0.1) is 0 Å². The summed E-state index contributed by atoms with van der Waals surface area (Å²) in [5.41, 5.74) is 4.79. The van der Waals surface area contributed by atoms with Crippen molar-refractivity contribution in [3.63, 3.8) is 0 Å². The summed E-state index contributed by atoms with van der Waals surface area (Å²) in [6.45, 7) is 9.05. The van der Waals surface area contributed by atoms with Crippen molar-refractivity contribution in [3.8, 4) is 5.75 Å². The van der Waals surface area contributed by atoms with Crippen molar-refractivity contribution in [2.75, 3.05) is 49.5 Å². The van der Waals surface area contributed by atoms with Crippen LogP contribution in [0.2, 0.25) is 0 Å². The number of hydrogen-bond acceptors (Lipinski definition) is 5. The number of piperazine rings is 1. The fourth-order valence-electron chi connectivity index (χ4n) is 3.88. The van der Waals surface area contributed by atoms with Gasteiger partial charge in [0.1, 0.15) is 5.75 Å². The second-order valence-electron chi connectivity index (χ2n) is 7.85. The van der Waals surface area contributed by atoms with Gasteiger partial charge in [0.25, 0.3) is 0 Å². The van der Waals surface area contributed by atoms with Crippen LogP contribution in [0.5, 0.6) is 5.75 Å². The summed E-state index contributed by atoms with van der Waals surface area (Å²) in [4.78, 5) is 28.7. The largest absolute Gasteiger partial charge is 0.506 e. The lowest BCUT2D eigenvalue weighted by Gasteiger charge is -2.35. The maximum Gasteiger partial charge on any atom is 0.243 e. The van der Waals surface area contributed by atoms with Crippen molar-refractivity contribution >= 4 is 23.2 Å². The number of anilines is 2. The van der Waals surface area contributed by atoms with Crippen molar-refractivity contribution in [1.29, 1.82) is 0 Å². The van der Waals surface area contributed by atoms with E-state index < -0.39 is 0 Å². The van der Waals surface area contributed by atoms with Gasteiger partial charge in [0, 0.05) is 31.9 Å². The van der Waals surface area contributed by atoms with Crippen molar-refractivity contribution in [1.82, 2.24) is 10.2 Å². The molecule has 1 aliphatic heterocycles. The SMILES string of the molecule is Cc1cc(C)c(NC(=O)CNC(=O)CN2CCN(c3ccccc3O)CC2)c(C)c1. The average molecular weight is 411 g/mol. The molecule has 30 heavy (non-hydrogen) atoms. The van der Waals surface area contributed by atoms with E-state index >= 15 is 0 Å².